The molecule has 0 bridgehead atoms. The molecule has 3 rings (SSSR count). The number of carbonyl (C=O) groups is 1. The summed E-state index contributed by atoms with van der Waals surface area (Å²) in [6, 6.07) is 11.9. The van der Waals surface area contributed by atoms with Gasteiger partial charge in [0.15, 0.2) is 0 Å². The van der Waals surface area contributed by atoms with Crippen molar-refractivity contribution in [1.29, 1.82) is 0 Å². The van der Waals surface area contributed by atoms with Gasteiger partial charge >= 0.3 is 6.18 Å². The highest BCUT2D eigenvalue weighted by atomic mass is 19.4. The highest BCUT2D eigenvalue weighted by Gasteiger charge is 2.33. The van der Waals surface area contributed by atoms with Gasteiger partial charge in [-0.25, -0.2) is 0 Å². The normalized spacial score (nSPS) is 14.4. The third kappa shape index (κ3) is 3.83. The van der Waals surface area contributed by atoms with Crippen LogP contribution in [0.3, 0.4) is 0 Å². The molecule has 120 valence electrons. The quantitative estimate of drug-likeness (QED) is 0.850. The van der Waals surface area contributed by atoms with Crippen LogP contribution in [-0.4, -0.2) is 5.91 Å². The van der Waals surface area contributed by atoms with Crippen molar-refractivity contribution < 1.29 is 18.0 Å². The van der Waals surface area contributed by atoms with Gasteiger partial charge < -0.3 is 10.6 Å². The molecule has 0 spiro atoms. The molecule has 1 aliphatic carbocycles. The number of alkyl halides is 3. The number of hydrogen-bond donors (Lipinski definition) is 2. The summed E-state index contributed by atoms with van der Waals surface area (Å²) in [5, 5.41) is 5.55. The minimum atomic E-state index is -4.41. The fraction of sp³-hybridized carbons (Fsp3) is 0.235. The lowest BCUT2D eigenvalue weighted by Gasteiger charge is -2.14. The van der Waals surface area contributed by atoms with E-state index in [1.54, 1.807) is 30.3 Å². The molecular formula is C17H15F3N2O. The Balaban J connectivity index is 1.72. The molecule has 1 fully saturated rings. The summed E-state index contributed by atoms with van der Waals surface area (Å²) in [6.07, 6.45) is -2.58. The average molecular weight is 320 g/mol. The highest BCUT2D eigenvalue weighted by molar-refractivity contribution is 5.94. The van der Waals surface area contributed by atoms with Crippen molar-refractivity contribution in [3.8, 4) is 0 Å². The van der Waals surface area contributed by atoms with Crippen LogP contribution in [0.4, 0.5) is 30.2 Å². The predicted octanol–water partition coefficient (Wildman–Crippen LogP) is 4.80. The SMILES string of the molecule is O=C(Nc1ccc(Nc2ccccc2C(F)(F)F)cc1)C1CC1. The molecule has 6 heteroatoms. The van der Waals surface area contributed by atoms with E-state index in [0.29, 0.717) is 11.4 Å². The lowest BCUT2D eigenvalue weighted by atomic mass is 10.1. The third-order valence-corrected chi connectivity index (χ3v) is 3.61. The number of carbonyl (C=O) groups excluding carboxylic acids is 1. The Labute approximate surface area is 131 Å². The second-order valence-electron chi connectivity index (χ2n) is 5.51. The lowest BCUT2D eigenvalue weighted by molar-refractivity contribution is -0.136. The molecule has 0 heterocycles. The van der Waals surface area contributed by atoms with Crippen LogP contribution in [0.1, 0.15) is 18.4 Å². The zero-order valence-corrected chi connectivity index (χ0v) is 12.2. The number of halogens is 3. The zero-order chi connectivity index (χ0) is 16.4. The van der Waals surface area contributed by atoms with Gasteiger partial charge in [-0.05, 0) is 49.2 Å². The molecule has 1 saturated carbocycles. The fourth-order valence-electron chi connectivity index (χ4n) is 2.22. The summed E-state index contributed by atoms with van der Waals surface area (Å²) in [5.74, 6) is 0.0968. The average Bonchev–Trinajstić information content (AvgIpc) is 3.33. The minimum absolute atomic E-state index is 0.00485. The minimum Gasteiger partial charge on any atom is -0.355 e. The Morgan fingerprint density at radius 2 is 1.57 bits per heavy atom. The maximum atomic E-state index is 13.0. The van der Waals surface area contributed by atoms with Gasteiger partial charge in [0.2, 0.25) is 5.91 Å². The van der Waals surface area contributed by atoms with E-state index in [2.05, 4.69) is 10.6 Å². The van der Waals surface area contributed by atoms with E-state index in [4.69, 9.17) is 0 Å². The van der Waals surface area contributed by atoms with Crippen LogP contribution in [0.25, 0.3) is 0 Å². The van der Waals surface area contributed by atoms with Gasteiger partial charge in [0.1, 0.15) is 0 Å². The molecule has 0 saturated heterocycles. The zero-order valence-electron chi connectivity index (χ0n) is 12.2. The topological polar surface area (TPSA) is 41.1 Å². The lowest BCUT2D eigenvalue weighted by Crippen LogP contribution is -2.13. The van der Waals surface area contributed by atoms with E-state index < -0.39 is 11.7 Å². The van der Waals surface area contributed by atoms with Crippen LogP contribution >= 0.6 is 0 Å². The second kappa shape index (κ2) is 5.95. The van der Waals surface area contributed by atoms with Gasteiger partial charge in [-0.1, -0.05) is 12.1 Å². The van der Waals surface area contributed by atoms with Gasteiger partial charge in [0.05, 0.1) is 11.3 Å². The van der Waals surface area contributed by atoms with E-state index in [-0.39, 0.29) is 17.5 Å². The van der Waals surface area contributed by atoms with E-state index in [9.17, 15) is 18.0 Å². The summed E-state index contributed by atoms with van der Waals surface area (Å²) in [4.78, 5) is 11.7. The number of rotatable bonds is 4. The molecule has 0 atom stereocenters. The first kappa shape index (κ1) is 15.4. The van der Waals surface area contributed by atoms with Crippen LogP contribution in [0, 0.1) is 5.92 Å². The first-order chi connectivity index (χ1) is 10.9. The first-order valence-electron chi connectivity index (χ1n) is 7.27. The molecule has 3 nitrogen and oxygen atoms in total. The van der Waals surface area contributed by atoms with E-state index >= 15 is 0 Å². The molecule has 2 aromatic carbocycles. The van der Waals surface area contributed by atoms with Crippen molar-refractivity contribution in [2.75, 3.05) is 10.6 Å². The summed E-state index contributed by atoms with van der Waals surface area (Å²) in [6.45, 7) is 0. The number of anilines is 3. The third-order valence-electron chi connectivity index (χ3n) is 3.61. The maximum Gasteiger partial charge on any atom is 0.418 e. The molecule has 0 aliphatic heterocycles. The van der Waals surface area contributed by atoms with Gasteiger partial charge in [0.25, 0.3) is 0 Å². The van der Waals surface area contributed by atoms with Crippen LogP contribution in [-0.2, 0) is 11.0 Å². The van der Waals surface area contributed by atoms with Crippen LogP contribution in [0.15, 0.2) is 48.5 Å². The van der Waals surface area contributed by atoms with Gasteiger partial charge in [0, 0.05) is 17.3 Å². The van der Waals surface area contributed by atoms with Crippen molar-refractivity contribution >= 4 is 23.0 Å². The van der Waals surface area contributed by atoms with Gasteiger partial charge in [-0.15, -0.1) is 0 Å². The first-order valence-corrected chi connectivity index (χ1v) is 7.27. The molecule has 0 aromatic heterocycles. The summed E-state index contributed by atoms with van der Waals surface area (Å²) >= 11 is 0. The van der Waals surface area contributed by atoms with Crippen molar-refractivity contribution in [2.24, 2.45) is 5.92 Å². The Bertz CT molecular complexity index is 707. The van der Waals surface area contributed by atoms with Crippen molar-refractivity contribution in [2.45, 2.75) is 19.0 Å². The molecule has 1 amide bonds. The number of benzene rings is 2. The summed E-state index contributed by atoms with van der Waals surface area (Å²) < 4.78 is 38.9. The monoisotopic (exact) mass is 320 g/mol. The predicted molar refractivity (Wildman–Crippen MR) is 82.5 cm³/mol. The van der Waals surface area contributed by atoms with Crippen molar-refractivity contribution in [3.05, 3.63) is 54.1 Å². The number of amides is 1. The van der Waals surface area contributed by atoms with E-state index in [1.165, 1.54) is 12.1 Å². The number of hydrogen-bond acceptors (Lipinski definition) is 2. The Kier molecular flexibility index (Phi) is 3.98. The van der Waals surface area contributed by atoms with Gasteiger partial charge in [-0.2, -0.15) is 13.2 Å². The van der Waals surface area contributed by atoms with Crippen LogP contribution in [0.2, 0.25) is 0 Å². The van der Waals surface area contributed by atoms with Crippen molar-refractivity contribution in [3.63, 3.8) is 0 Å². The van der Waals surface area contributed by atoms with E-state index in [1.807, 2.05) is 0 Å². The largest absolute Gasteiger partial charge is 0.418 e. The molecule has 2 aromatic rings. The van der Waals surface area contributed by atoms with Crippen LogP contribution in [0.5, 0.6) is 0 Å². The second-order valence-corrected chi connectivity index (χ2v) is 5.51. The molecule has 0 radical (unpaired) electrons. The Hall–Kier alpha value is -2.50. The molecule has 23 heavy (non-hydrogen) atoms. The number of para-hydroxylation sites is 1. The maximum absolute atomic E-state index is 13.0. The number of nitrogens with one attached hydrogen (secondary N) is 2. The summed E-state index contributed by atoms with van der Waals surface area (Å²) in [7, 11) is 0. The van der Waals surface area contributed by atoms with Crippen molar-refractivity contribution in [1.82, 2.24) is 0 Å². The standard InChI is InChI=1S/C17H15F3N2O/c18-17(19,20)14-3-1-2-4-15(14)21-12-7-9-13(10-8-12)22-16(23)11-5-6-11/h1-4,7-11,21H,5-6H2,(H,22,23). The molecular weight excluding hydrogens is 305 g/mol. The van der Waals surface area contributed by atoms with E-state index in [0.717, 1.165) is 18.9 Å². The molecule has 0 unspecified atom stereocenters. The Morgan fingerprint density at radius 3 is 2.17 bits per heavy atom. The van der Waals surface area contributed by atoms with Crippen LogP contribution < -0.4 is 10.6 Å². The Morgan fingerprint density at radius 1 is 0.957 bits per heavy atom. The fourth-order valence-corrected chi connectivity index (χ4v) is 2.22. The molecule has 1 aliphatic rings. The summed E-state index contributed by atoms with van der Waals surface area (Å²) in [5.41, 5.74) is 0.434. The molecule has 2 N–H and O–H groups in total. The van der Waals surface area contributed by atoms with Gasteiger partial charge in [-0.3, -0.25) is 4.79 Å². The smallest absolute Gasteiger partial charge is 0.355 e. The highest BCUT2D eigenvalue weighted by Crippen LogP contribution is 2.36.